The summed E-state index contributed by atoms with van der Waals surface area (Å²) >= 11 is 0. The van der Waals surface area contributed by atoms with Crippen LogP contribution in [-0.2, 0) is 14.8 Å². The number of anilines is 1. The minimum absolute atomic E-state index is 0.0670. The molecule has 1 N–H and O–H groups in total. The second-order valence-corrected chi connectivity index (χ2v) is 8.45. The number of nitrogens with one attached hydrogen (secondary N) is 1. The molecule has 0 unspecified atom stereocenters. The fourth-order valence-corrected chi connectivity index (χ4v) is 4.27. The molecule has 3 aromatic rings. The fourth-order valence-electron chi connectivity index (χ4n) is 2.83. The molecule has 0 aliphatic carbocycles. The third-order valence-corrected chi connectivity index (χ3v) is 6.27. The zero-order chi connectivity index (χ0) is 23.0. The van der Waals surface area contributed by atoms with Gasteiger partial charge in [0.1, 0.15) is 18.0 Å². The molecule has 3 aromatic carbocycles. The maximum atomic E-state index is 13.3. The Morgan fingerprint density at radius 3 is 2.28 bits per heavy atom. The molecule has 3 rings (SSSR count). The van der Waals surface area contributed by atoms with Crippen LogP contribution >= 0.6 is 0 Å². The predicted octanol–water partition coefficient (Wildman–Crippen LogP) is 3.05. The summed E-state index contributed by atoms with van der Waals surface area (Å²) in [5.41, 5.74) is 3.41. The van der Waals surface area contributed by atoms with Crippen LogP contribution in [0.5, 0.6) is 11.5 Å². The van der Waals surface area contributed by atoms with E-state index in [9.17, 15) is 13.2 Å². The molecule has 0 radical (unpaired) electrons. The lowest BCUT2D eigenvalue weighted by Crippen LogP contribution is -2.39. The van der Waals surface area contributed by atoms with E-state index in [1.807, 2.05) is 0 Å². The third kappa shape index (κ3) is 5.64. The molecule has 0 aliphatic heterocycles. The molecule has 0 atom stereocenters. The number of rotatable bonds is 9. The first-order valence-corrected chi connectivity index (χ1v) is 11.1. The molecule has 0 heterocycles. The summed E-state index contributed by atoms with van der Waals surface area (Å²) in [6, 6.07) is 21.5. The van der Waals surface area contributed by atoms with Crippen LogP contribution in [0.1, 0.15) is 5.56 Å². The second-order valence-electron chi connectivity index (χ2n) is 6.59. The van der Waals surface area contributed by atoms with Crippen LogP contribution in [0.4, 0.5) is 5.69 Å². The lowest BCUT2D eigenvalue weighted by molar-refractivity contribution is -0.119. The van der Waals surface area contributed by atoms with Crippen LogP contribution < -0.4 is 19.2 Å². The Bertz CT molecular complexity index is 1180. The predicted molar refractivity (Wildman–Crippen MR) is 123 cm³/mol. The summed E-state index contributed by atoms with van der Waals surface area (Å²) in [4.78, 5) is 12.6. The summed E-state index contributed by atoms with van der Waals surface area (Å²) in [5, 5.41) is 3.92. The highest BCUT2D eigenvalue weighted by molar-refractivity contribution is 7.92. The van der Waals surface area contributed by atoms with E-state index < -0.39 is 22.5 Å². The molecule has 32 heavy (non-hydrogen) atoms. The van der Waals surface area contributed by atoms with Crippen molar-refractivity contribution in [1.29, 1.82) is 0 Å². The van der Waals surface area contributed by atoms with E-state index in [1.165, 1.54) is 25.5 Å². The summed E-state index contributed by atoms with van der Waals surface area (Å²) < 4.78 is 37.9. The van der Waals surface area contributed by atoms with E-state index in [0.717, 1.165) is 9.87 Å². The molecule has 166 valence electrons. The van der Waals surface area contributed by atoms with Crippen LogP contribution in [0.15, 0.2) is 88.9 Å². The van der Waals surface area contributed by atoms with Gasteiger partial charge in [0.2, 0.25) is 0 Å². The monoisotopic (exact) mass is 453 g/mol. The van der Waals surface area contributed by atoms with E-state index in [-0.39, 0.29) is 4.90 Å². The van der Waals surface area contributed by atoms with Crippen molar-refractivity contribution in [3.8, 4) is 11.5 Å². The van der Waals surface area contributed by atoms with Crippen molar-refractivity contribution >= 4 is 27.8 Å². The van der Waals surface area contributed by atoms with Crippen molar-refractivity contribution in [1.82, 2.24) is 5.43 Å². The van der Waals surface area contributed by atoms with Crippen LogP contribution in [-0.4, -0.2) is 41.3 Å². The number of nitrogens with zero attached hydrogens (tertiary/aromatic N) is 2. The Morgan fingerprint density at radius 1 is 0.938 bits per heavy atom. The second kappa shape index (κ2) is 10.5. The van der Waals surface area contributed by atoms with Gasteiger partial charge in [0.25, 0.3) is 15.9 Å². The van der Waals surface area contributed by atoms with Gasteiger partial charge in [-0.15, -0.1) is 0 Å². The maximum absolute atomic E-state index is 13.3. The van der Waals surface area contributed by atoms with E-state index in [2.05, 4.69) is 10.5 Å². The Kier molecular flexibility index (Phi) is 7.45. The molecule has 9 heteroatoms. The lowest BCUT2D eigenvalue weighted by Gasteiger charge is -2.24. The number of carbonyl (C=O) groups excluding carboxylic acids is 1. The number of methoxy groups -OCH3 is 2. The first kappa shape index (κ1) is 22.8. The van der Waals surface area contributed by atoms with Gasteiger partial charge >= 0.3 is 0 Å². The summed E-state index contributed by atoms with van der Waals surface area (Å²) in [7, 11) is -0.956. The van der Waals surface area contributed by atoms with Crippen molar-refractivity contribution in [2.45, 2.75) is 4.90 Å². The smallest absolute Gasteiger partial charge is 0.264 e. The van der Waals surface area contributed by atoms with Crippen molar-refractivity contribution < 1.29 is 22.7 Å². The third-order valence-electron chi connectivity index (χ3n) is 4.48. The average molecular weight is 454 g/mol. The van der Waals surface area contributed by atoms with Gasteiger partial charge in [0.05, 0.1) is 31.0 Å². The maximum Gasteiger partial charge on any atom is 0.264 e. The van der Waals surface area contributed by atoms with Gasteiger partial charge in [-0.3, -0.25) is 9.10 Å². The molecule has 0 spiro atoms. The molecule has 1 amide bonds. The number of hydrogen-bond acceptors (Lipinski definition) is 6. The van der Waals surface area contributed by atoms with Crippen LogP contribution in [0.2, 0.25) is 0 Å². The van der Waals surface area contributed by atoms with E-state index in [0.29, 0.717) is 17.2 Å². The highest BCUT2D eigenvalue weighted by Crippen LogP contribution is 2.26. The molecule has 8 nitrogen and oxygen atoms in total. The zero-order valence-electron chi connectivity index (χ0n) is 17.6. The number of amides is 1. The first-order valence-electron chi connectivity index (χ1n) is 9.62. The Hall–Kier alpha value is -3.85. The SMILES string of the molecule is COc1ccc(/C=N\NC(=O)CN(c2cccc(OC)c2)S(=O)(=O)c2ccccc2)cc1. The summed E-state index contributed by atoms with van der Waals surface area (Å²) in [5.74, 6) is 0.567. The molecule has 0 aromatic heterocycles. The molecular weight excluding hydrogens is 430 g/mol. The zero-order valence-corrected chi connectivity index (χ0v) is 18.5. The van der Waals surface area contributed by atoms with Crippen molar-refractivity contribution in [3.05, 3.63) is 84.4 Å². The van der Waals surface area contributed by atoms with Crippen LogP contribution in [0.25, 0.3) is 0 Å². The Labute approximate surface area is 187 Å². The van der Waals surface area contributed by atoms with E-state index in [4.69, 9.17) is 9.47 Å². The average Bonchev–Trinajstić information content (AvgIpc) is 2.83. The molecule has 0 aliphatic rings. The van der Waals surface area contributed by atoms with Crippen molar-refractivity contribution in [3.63, 3.8) is 0 Å². The fraction of sp³-hybridized carbons (Fsp3) is 0.130. The molecule has 0 bridgehead atoms. The number of hydrogen-bond donors (Lipinski definition) is 1. The number of benzene rings is 3. The van der Waals surface area contributed by atoms with Gasteiger partial charge in [-0.2, -0.15) is 5.10 Å². The summed E-state index contributed by atoms with van der Waals surface area (Å²) in [6.07, 6.45) is 1.46. The lowest BCUT2D eigenvalue weighted by atomic mass is 10.2. The van der Waals surface area contributed by atoms with Crippen LogP contribution in [0.3, 0.4) is 0 Å². The number of hydrazone groups is 1. The molecule has 0 saturated carbocycles. The Morgan fingerprint density at radius 2 is 1.62 bits per heavy atom. The number of sulfonamides is 1. The number of ether oxygens (including phenoxy) is 2. The topological polar surface area (TPSA) is 97.3 Å². The quantitative estimate of drug-likeness (QED) is 0.397. The van der Waals surface area contributed by atoms with Gasteiger partial charge in [0.15, 0.2) is 0 Å². The van der Waals surface area contributed by atoms with Gasteiger partial charge in [-0.1, -0.05) is 24.3 Å². The number of carbonyl (C=O) groups is 1. The first-order chi connectivity index (χ1) is 15.4. The van der Waals surface area contributed by atoms with Gasteiger partial charge in [-0.25, -0.2) is 13.8 Å². The minimum atomic E-state index is -4.01. The van der Waals surface area contributed by atoms with Crippen molar-refractivity contribution in [2.24, 2.45) is 5.10 Å². The van der Waals surface area contributed by atoms with Gasteiger partial charge < -0.3 is 9.47 Å². The normalized spacial score (nSPS) is 11.2. The highest BCUT2D eigenvalue weighted by Gasteiger charge is 2.27. The minimum Gasteiger partial charge on any atom is -0.497 e. The Balaban J connectivity index is 1.81. The van der Waals surface area contributed by atoms with Gasteiger partial charge in [-0.05, 0) is 54.1 Å². The van der Waals surface area contributed by atoms with Crippen LogP contribution in [0, 0.1) is 0 Å². The molecular formula is C23H23N3O5S. The van der Waals surface area contributed by atoms with E-state index >= 15 is 0 Å². The largest absolute Gasteiger partial charge is 0.497 e. The highest BCUT2D eigenvalue weighted by atomic mass is 32.2. The van der Waals surface area contributed by atoms with Gasteiger partial charge in [0, 0.05) is 6.07 Å². The summed E-state index contributed by atoms with van der Waals surface area (Å²) in [6.45, 7) is -0.468. The van der Waals surface area contributed by atoms with E-state index in [1.54, 1.807) is 73.8 Å². The molecule has 0 saturated heterocycles. The van der Waals surface area contributed by atoms with Crippen molar-refractivity contribution in [2.75, 3.05) is 25.1 Å². The standard InChI is InChI=1S/C23H23N3O5S/c1-30-20-13-11-18(12-14-20)16-24-25-23(27)17-26(19-7-6-8-21(15-19)31-2)32(28,29)22-9-4-3-5-10-22/h3-16H,17H2,1-2H3,(H,25,27)/b24-16-. The molecule has 0 fully saturated rings.